The Labute approximate surface area is 190 Å². The Balaban J connectivity index is 1.93. The Bertz CT molecular complexity index is 1220. The second kappa shape index (κ2) is 8.74. The van der Waals surface area contributed by atoms with Gasteiger partial charge in [0, 0.05) is 37.8 Å². The molecule has 0 N–H and O–H groups in total. The van der Waals surface area contributed by atoms with Crippen molar-refractivity contribution in [3.8, 4) is 0 Å². The summed E-state index contributed by atoms with van der Waals surface area (Å²) in [6, 6.07) is 0. The number of thioether (sulfide) groups is 2. The number of amides is 1. The summed E-state index contributed by atoms with van der Waals surface area (Å²) < 4.78 is 5.04. The van der Waals surface area contributed by atoms with Gasteiger partial charge in [0.15, 0.2) is 0 Å². The zero-order valence-electron chi connectivity index (χ0n) is 17.0. The molecule has 0 atom stereocenters. The van der Waals surface area contributed by atoms with Crippen molar-refractivity contribution in [3.63, 3.8) is 0 Å². The minimum Gasteiger partial charge on any atom is -0.367 e. The molecule has 2 aromatic heterocycles. The van der Waals surface area contributed by atoms with Crippen LogP contribution in [0.1, 0.15) is 6.92 Å². The second-order valence-electron chi connectivity index (χ2n) is 6.69. The van der Waals surface area contributed by atoms with Crippen molar-refractivity contribution in [2.45, 2.75) is 13.5 Å². The van der Waals surface area contributed by atoms with Crippen LogP contribution >= 0.6 is 46.2 Å². The van der Waals surface area contributed by atoms with Crippen LogP contribution in [-0.2, 0) is 18.4 Å². The zero-order valence-corrected chi connectivity index (χ0v) is 20.2. The molecule has 0 aliphatic carbocycles. The predicted molar refractivity (Wildman–Crippen MR) is 127 cm³/mol. The normalized spacial score (nSPS) is 22.0. The summed E-state index contributed by atoms with van der Waals surface area (Å²) in [5.74, 6) is 0.835. The van der Waals surface area contributed by atoms with Crippen LogP contribution in [0.25, 0.3) is 9.93 Å². The average molecular weight is 481 g/mol. The summed E-state index contributed by atoms with van der Waals surface area (Å²) in [6.45, 7) is 7.52. The van der Waals surface area contributed by atoms with E-state index in [1.54, 1.807) is 27.3 Å². The Morgan fingerprint density at radius 3 is 2.77 bits per heavy atom. The predicted octanol–water partition coefficient (Wildman–Crippen LogP) is 1.12. The third kappa shape index (κ3) is 3.68. The van der Waals surface area contributed by atoms with Crippen molar-refractivity contribution >= 4 is 72.3 Å². The lowest BCUT2D eigenvalue weighted by Crippen LogP contribution is -2.34. The van der Waals surface area contributed by atoms with Crippen LogP contribution in [0.4, 0.5) is 5.13 Å². The standard InChI is InChI=1S/C19H22N5O2S4/c1-5-7-24-15(26)13(30-19(24)20-18-22(4)9-11-28-18)17-23(6-2)14(25)12(29-17)16-21(3)8-10-27-16/h5,9,11H,1,6-8,10H2,2-4H3/q+1/b16-12+,17-13-. The molecule has 158 valence electrons. The van der Waals surface area contributed by atoms with Crippen molar-refractivity contribution in [3.05, 3.63) is 43.8 Å². The van der Waals surface area contributed by atoms with E-state index < -0.39 is 0 Å². The largest absolute Gasteiger partial charge is 0.384 e. The third-order valence-corrected chi connectivity index (χ3v) is 9.26. The van der Waals surface area contributed by atoms with E-state index in [9.17, 15) is 9.59 Å². The van der Waals surface area contributed by atoms with Gasteiger partial charge in [-0.3, -0.25) is 19.1 Å². The fraction of sp³-hybridized carbons (Fsp3) is 0.368. The lowest BCUT2D eigenvalue weighted by molar-refractivity contribution is -0.653. The van der Waals surface area contributed by atoms with Gasteiger partial charge in [-0.05, 0) is 23.7 Å². The van der Waals surface area contributed by atoms with Crippen molar-refractivity contribution < 1.29 is 9.36 Å². The van der Waals surface area contributed by atoms with Gasteiger partial charge in [0.25, 0.3) is 16.6 Å². The maximum atomic E-state index is 13.3. The minimum atomic E-state index is -0.134. The molecule has 1 amide bonds. The molecule has 0 bridgehead atoms. The summed E-state index contributed by atoms with van der Waals surface area (Å²) in [7, 11) is 3.93. The highest BCUT2D eigenvalue weighted by Crippen LogP contribution is 2.33. The molecular weight excluding hydrogens is 459 g/mol. The summed E-state index contributed by atoms with van der Waals surface area (Å²) in [5, 5.41) is 4.37. The number of aromatic nitrogens is 2. The van der Waals surface area contributed by atoms with E-state index >= 15 is 0 Å². The van der Waals surface area contributed by atoms with Crippen molar-refractivity contribution in [1.82, 2.24) is 14.4 Å². The quantitative estimate of drug-likeness (QED) is 0.485. The highest BCUT2D eigenvalue weighted by molar-refractivity contribution is 8.23. The lowest BCUT2D eigenvalue weighted by atomic mass is 10.4. The molecule has 4 heterocycles. The number of thiazole rings is 2. The fourth-order valence-corrected chi connectivity index (χ4v) is 7.70. The Morgan fingerprint density at radius 1 is 1.37 bits per heavy atom. The van der Waals surface area contributed by atoms with Crippen molar-refractivity contribution in [2.24, 2.45) is 12.0 Å². The smallest absolute Gasteiger partial charge is 0.367 e. The van der Waals surface area contributed by atoms with E-state index in [2.05, 4.69) is 11.5 Å². The number of amidine groups is 1. The highest BCUT2D eigenvalue weighted by atomic mass is 32.2. The van der Waals surface area contributed by atoms with Crippen LogP contribution < -0.4 is 19.3 Å². The van der Waals surface area contributed by atoms with Gasteiger partial charge < -0.3 is 4.90 Å². The van der Waals surface area contributed by atoms with E-state index in [0.29, 0.717) is 32.4 Å². The first kappa shape index (κ1) is 21.4. The van der Waals surface area contributed by atoms with Gasteiger partial charge in [-0.25, -0.2) is 4.57 Å². The molecule has 2 aromatic rings. The number of carbonyl (C=O) groups excluding carboxylic acids is 1. The number of carbonyl (C=O) groups is 1. The van der Waals surface area contributed by atoms with Crippen molar-refractivity contribution in [2.75, 3.05) is 25.9 Å². The van der Waals surface area contributed by atoms with E-state index in [0.717, 1.165) is 22.5 Å². The summed E-state index contributed by atoms with van der Waals surface area (Å²) >= 11 is 5.95. The number of hydrogen-bond donors (Lipinski definition) is 0. The van der Waals surface area contributed by atoms with E-state index in [1.807, 2.05) is 37.2 Å². The topological polar surface area (TPSA) is 61.8 Å². The fourth-order valence-electron chi connectivity index (χ4n) is 3.16. The third-order valence-electron chi connectivity index (χ3n) is 4.73. The molecule has 30 heavy (non-hydrogen) atoms. The SMILES string of the molecule is C=CCN1C(=O)/C(=c2/s/c(=C3/SCCN3C)c(=O)n2CC)SC1=Nc1scc[n+]1C. The molecule has 2 saturated heterocycles. The van der Waals surface area contributed by atoms with E-state index in [-0.39, 0.29) is 11.5 Å². The number of aryl methyl sites for hydroxylation is 1. The molecule has 4 rings (SSSR count). The van der Waals surface area contributed by atoms with Crippen LogP contribution in [0, 0.1) is 0 Å². The molecule has 0 aromatic carbocycles. The first-order valence-electron chi connectivity index (χ1n) is 9.40. The van der Waals surface area contributed by atoms with Gasteiger partial charge in [-0.2, -0.15) is 0 Å². The second-order valence-corrected chi connectivity index (χ2v) is 10.6. The van der Waals surface area contributed by atoms with Crippen LogP contribution in [0.3, 0.4) is 0 Å². The monoisotopic (exact) mass is 480 g/mol. The molecule has 0 saturated carbocycles. The van der Waals surface area contributed by atoms with Gasteiger partial charge in [0.1, 0.15) is 20.3 Å². The summed E-state index contributed by atoms with van der Waals surface area (Å²) in [5.41, 5.74) is -0.0278. The van der Waals surface area contributed by atoms with Gasteiger partial charge in [0.05, 0.1) is 12.1 Å². The molecule has 2 aliphatic rings. The van der Waals surface area contributed by atoms with Gasteiger partial charge >= 0.3 is 5.13 Å². The van der Waals surface area contributed by atoms with E-state index in [4.69, 9.17) is 4.99 Å². The number of nitrogens with zero attached hydrogens (tertiary/aromatic N) is 5. The first-order chi connectivity index (χ1) is 14.5. The number of hydrogen-bond acceptors (Lipinski definition) is 8. The molecule has 0 spiro atoms. The lowest BCUT2D eigenvalue weighted by Gasteiger charge is -2.08. The molecule has 7 nitrogen and oxygen atoms in total. The minimum absolute atomic E-state index is 0.0278. The molecule has 2 aliphatic heterocycles. The Morgan fingerprint density at radius 2 is 2.17 bits per heavy atom. The van der Waals surface area contributed by atoms with Crippen LogP contribution in [0.5, 0.6) is 0 Å². The average Bonchev–Trinajstić information content (AvgIpc) is 3.47. The van der Waals surface area contributed by atoms with Gasteiger partial charge in [-0.15, -0.1) is 29.7 Å². The highest BCUT2D eigenvalue weighted by Gasteiger charge is 2.38. The van der Waals surface area contributed by atoms with Crippen LogP contribution in [-0.4, -0.2) is 51.3 Å². The van der Waals surface area contributed by atoms with Crippen LogP contribution in [0.2, 0.25) is 0 Å². The molecular formula is C19H22N5O2S4+. The molecule has 0 unspecified atom stereocenters. The molecule has 2 fully saturated rings. The maximum absolute atomic E-state index is 13.3. The number of rotatable bonds is 4. The maximum Gasteiger partial charge on any atom is 0.384 e. The Hall–Kier alpha value is -1.82. The Kier molecular flexibility index (Phi) is 6.24. The first-order valence-corrected chi connectivity index (χ1v) is 12.9. The number of aliphatic imine (C=N–C) groups is 1. The van der Waals surface area contributed by atoms with Gasteiger partial charge in [-0.1, -0.05) is 17.4 Å². The zero-order chi connectivity index (χ0) is 21.4. The van der Waals surface area contributed by atoms with E-state index in [1.165, 1.54) is 34.4 Å². The van der Waals surface area contributed by atoms with Crippen molar-refractivity contribution in [1.29, 1.82) is 0 Å². The van der Waals surface area contributed by atoms with Gasteiger partial charge in [0.2, 0.25) is 0 Å². The summed E-state index contributed by atoms with van der Waals surface area (Å²) in [6.07, 6.45) is 3.62. The molecule has 0 radical (unpaired) electrons. The summed E-state index contributed by atoms with van der Waals surface area (Å²) in [4.78, 5) is 35.4. The van der Waals surface area contributed by atoms with Crippen LogP contribution in [0.15, 0.2) is 34.0 Å². The molecule has 11 heteroatoms.